The van der Waals surface area contributed by atoms with E-state index in [4.69, 9.17) is 5.10 Å². The molecule has 0 radical (unpaired) electrons. The number of nitrogens with zero attached hydrogens (tertiary/aromatic N) is 4. The van der Waals surface area contributed by atoms with Crippen LogP contribution >= 0.6 is 0 Å². The van der Waals surface area contributed by atoms with E-state index < -0.39 is 0 Å². The molecule has 0 bridgehead atoms. The second-order valence-corrected chi connectivity index (χ2v) is 5.87. The van der Waals surface area contributed by atoms with Crippen LogP contribution in [0.25, 0.3) is 23.2 Å². The van der Waals surface area contributed by atoms with Crippen molar-refractivity contribution in [3.63, 3.8) is 0 Å². The second kappa shape index (κ2) is 7.36. The van der Waals surface area contributed by atoms with Crippen LogP contribution in [0.2, 0.25) is 0 Å². The summed E-state index contributed by atoms with van der Waals surface area (Å²) < 4.78 is 15.1. The van der Waals surface area contributed by atoms with E-state index in [9.17, 15) is 9.50 Å². The molecule has 0 saturated carbocycles. The molecule has 0 atom stereocenters. The van der Waals surface area contributed by atoms with Crippen molar-refractivity contribution in [1.29, 1.82) is 0 Å². The van der Waals surface area contributed by atoms with E-state index in [1.165, 1.54) is 12.1 Å². The van der Waals surface area contributed by atoms with Crippen molar-refractivity contribution in [2.24, 2.45) is 0 Å². The lowest BCUT2D eigenvalue weighted by molar-refractivity contribution is 0.343. The molecule has 25 heavy (non-hydrogen) atoms. The van der Waals surface area contributed by atoms with Gasteiger partial charge in [-0.3, -0.25) is 4.98 Å². The third-order valence-electron chi connectivity index (χ3n) is 3.77. The molecule has 0 amide bonds. The maximum absolute atomic E-state index is 13.4. The number of aliphatic hydroxyl groups excluding tert-OH is 1. The Morgan fingerprint density at radius 2 is 1.96 bits per heavy atom. The molecular weight excluding hydrogens is 319 g/mol. The predicted octanol–water partition coefficient (Wildman–Crippen LogP) is 3.60. The van der Waals surface area contributed by atoms with Gasteiger partial charge in [0.2, 0.25) is 0 Å². The average Bonchev–Trinajstić information content (AvgIpc) is 3.01. The van der Waals surface area contributed by atoms with Gasteiger partial charge < -0.3 is 5.11 Å². The Labute approximate surface area is 145 Å². The van der Waals surface area contributed by atoms with Crippen LogP contribution in [0.15, 0.2) is 48.9 Å². The number of hydrogen-bond acceptors (Lipinski definition) is 4. The monoisotopic (exact) mass is 338 g/mol. The van der Waals surface area contributed by atoms with Gasteiger partial charge in [-0.2, -0.15) is 5.10 Å². The van der Waals surface area contributed by atoms with Gasteiger partial charge >= 0.3 is 0 Å². The number of aliphatic hydroxyl groups is 1. The molecule has 6 heteroatoms. The third kappa shape index (κ3) is 3.49. The molecule has 3 aromatic rings. The summed E-state index contributed by atoms with van der Waals surface area (Å²) in [4.78, 5) is 8.45. The maximum atomic E-state index is 13.4. The van der Waals surface area contributed by atoms with Crippen molar-refractivity contribution in [3.8, 4) is 17.1 Å². The molecule has 0 saturated heterocycles. The molecule has 0 aliphatic carbocycles. The minimum absolute atomic E-state index is 0.0727. The number of halogens is 1. The summed E-state index contributed by atoms with van der Waals surface area (Å²) in [7, 11) is 0. The molecule has 0 unspecified atom stereocenters. The summed E-state index contributed by atoms with van der Waals surface area (Å²) in [6.07, 6.45) is 8.33. The van der Waals surface area contributed by atoms with Gasteiger partial charge in [0.1, 0.15) is 5.82 Å². The Kier molecular flexibility index (Phi) is 5.00. The van der Waals surface area contributed by atoms with Crippen molar-refractivity contribution < 1.29 is 9.50 Å². The highest BCUT2D eigenvalue weighted by Crippen LogP contribution is 2.33. The minimum atomic E-state index is -0.300. The van der Waals surface area contributed by atoms with Crippen molar-refractivity contribution in [3.05, 3.63) is 66.0 Å². The normalized spacial score (nSPS) is 11.6. The summed E-state index contributed by atoms with van der Waals surface area (Å²) >= 11 is 0. The fourth-order valence-corrected chi connectivity index (χ4v) is 2.66. The standard InChI is InChI=1S/C19H19FN4O/c1-13(2)18-16(4-3-11-25)19(14-5-7-15(20)8-6-14)24(23-18)17-12-21-9-10-22-17/h3-10,12-13,25H,11H2,1-2H3. The number of rotatable bonds is 5. The number of aromatic nitrogens is 4. The Balaban J connectivity index is 2.30. The highest BCUT2D eigenvalue weighted by atomic mass is 19.1. The zero-order chi connectivity index (χ0) is 17.8. The first-order valence-electron chi connectivity index (χ1n) is 8.04. The Morgan fingerprint density at radius 1 is 1.20 bits per heavy atom. The van der Waals surface area contributed by atoms with Crippen molar-refractivity contribution in [1.82, 2.24) is 19.7 Å². The first-order chi connectivity index (χ1) is 12.1. The number of benzene rings is 1. The quantitative estimate of drug-likeness (QED) is 0.772. The molecule has 0 fully saturated rings. The van der Waals surface area contributed by atoms with E-state index in [-0.39, 0.29) is 18.3 Å². The summed E-state index contributed by atoms with van der Waals surface area (Å²) in [6.45, 7) is 4.03. The number of hydrogen-bond donors (Lipinski definition) is 1. The van der Waals surface area contributed by atoms with Gasteiger partial charge in [-0.25, -0.2) is 14.1 Å². The molecule has 3 rings (SSSR count). The highest BCUT2D eigenvalue weighted by molar-refractivity contribution is 5.75. The van der Waals surface area contributed by atoms with Crippen LogP contribution in [-0.2, 0) is 0 Å². The second-order valence-electron chi connectivity index (χ2n) is 5.87. The summed E-state index contributed by atoms with van der Waals surface area (Å²) in [5.41, 5.74) is 3.34. The first-order valence-corrected chi connectivity index (χ1v) is 8.04. The summed E-state index contributed by atoms with van der Waals surface area (Å²) in [5.74, 6) is 0.439. The molecular formula is C19H19FN4O. The lowest BCUT2D eigenvalue weighted by atomic mass is 10.00. The fraction of sp³-hybridized carbons (Fsp3) is 0.211. The SMILES string of the molecule is CC(C)c1nn(-c2cnccn2)c(-c2ccc(F)cc2)c1C=CCO. The predicted molar refractivity (Wildman–Crippen MR) is 94.8 cm³/mol. The first kappa shape index (κ1) is 17.0. The minimum Gasteiger partial charge on any atom is -0.392 e. The zero-order valence-electron chi connectivity index (χ0n) is 14.1. The van der Waals surface area contributed by atoms with Crippen LogP contribution < -0.4 is 0 Å². The van der Waals surface area contributed by atoms with Crippen molar-refractivity contribution >= 4 is 6.08 Å². The third-order valence-corrected chi connectivity index (χ3v) is 3.77. The fourth-order valence-electron chi connectivity index (χ4n) is 2.66. The van der Waals surface area contributed by atoms with E-state index in [0.29, 0.717) is 5.82 Å². The zero-order valence-corrected chi connectivity index (χ0v) is 14.1. The van der Waals surface area contributed by atoms with E-state index in [2.05, 4.69) is 9.97 Å². The topological polar surface area (TPSA) is 63.8 Å². The van der Waals surface area contributed by atoms with Crippen molar-refractivity contribution in [2.45, 2.75) is 19.8 Å². The molecule has 0 aliphatic heterocycles. The van der Waals surface area contributed by atoms with Gasteiger partial charge in [0.25, 0.3) is 0 Å². The van der Waals surface area contributed by atoms with E-state index in [1.807, 2.05) is 19.9 Å². The molecule has 128 valence electrons. The van der Waals surface area contributed by atoms with Gasteiger partial charge in [0.15, 0.2) is 5.82 Å². The van der Waals surface area contributed by atoms with Crippen LogP contribution in [0.4, 0.5) is 4.39 Å². The molecule has 2 aromatic heterocycles. The molecule has 2 heterocycles. The lowest BCUT2D eigenvalue weighted by Gasteiger charge is -2.08. The largest absolute Gasteiger partial charge is 0.392 e. The lowest BCUT2D eigenvalue weighted by Crippen LogP contribution is -2.03. The van der Waals surface area contributed by atoms with E-state index >= 15 is 0 Å². The van der Waals surface area contributed by atoms with Gasteiger partial charge in [-0.05, 0) is 30.2 Å². The van der Waals surface area contributed by atoms with Gasteiger partial charge in [0.05, 0.1) is 24.2 Å². The highest BCUT2D eigenvalue weighted by Gasteiger charge is 2.21. The Bertz CT molecular complexity index is 870. The van der Waals surface area contributed by atoms with E-state index in [1.54, 1.807) is 41.5 Å². The molecule has 1 N–H and O–H groups in total. The van der Waals surface area contributed by atoms with Gasteiger partial charge in [0, 0.05) is 23.5 Å². The smallest absolute Gasteiger partial charge is 0.172 e. The van der Waals surface area contributed by atoms with E-state index in [0.717, 1.165) is 22.5 Å². The van der Waals surface area contributed by atoms with Crippen LogP contribution in [0.5, 0.6) is 0 Å². The van der Waals surface area contributed by atoms with Crippen LogP contribution in [-0.4, -0.2) is 31.5 Å². The maximum Gasteiger partial charge on any atom is 0.172 e. The molecule has 1 aromatic carbocycles. The molecule has 0 aliphatic rings. The van der Waals surface area contributed by atoms with Crippen LogP contribution in [0.3, 0.4) is 0 Å². The van der Waals surface area contributed by atoms with Crippen LogP contribution in [0.1, 0.15) is 31.0 Å². The summed E-state index contributed by atoms with van der Waals surface area (Å²) in [5, 5.41) is 13.9. The molecule has 0 spiro atoms. The Hall–Kier alpha value is -2.86. The molecule has 5 nitrogen and oxygen atoms in total. The van der Waals surface area contributed by atoms with Crippen molar-refractivity contribution in [2.75, 3.05) is 6.61 Å². The summed E-state index contributed by atoms with van der Waals surface area (Å²) in [6, 6.07) is 6.25. The Morgan fingerprint density at radius 3 is 2.56 bits per heavy atom. The van der Waals surface area contributed by atoms with Crippen LogP contribution in [0, 0.1) is 5.82 Å². The van der Waals surface area contributed by atoms with Gasteiger partial charge in [-0.15, -0.1) is 0 Å². The average molecular weight is 338 g/mol. The van der Waals surface area contributed by atoms with Gasteiger partial charge in [-0.1, -0.05) is 26.0 Å².